The fraction of sp³-hybridized carbons (Fsp3) is 0.375. The number of nitrogens with one attached hydrogen (secondary N) is 2. The van der Waals surface area contributed by atoms with Gasteiger partial charge in [-0.25, -0.2) is 14.7 Å². The lowest BCUT2D eigenvalue weighted by Crippen LogP contribution is -2.44. The molecule has 8 heteroatoms. The molecule has 4 rings (SSSR count). The Morgan fingerprint density at radius 1 is 1.12 bits per heavy atom. The standard InChI is InChI=1S/C24H31N7.HI/c1-3-25-24(27-16-21-10-12-26-23(15-21)31-13-7-11-28-31)29-22-14-19(2)30(18-22)17-20-8-5-4-6-9-20;/h4-13,15,19,22H,3,14,16-18H2,1-2H3,(H2,25,27,29);1H. The molecular weight excluding hydrogens is 513 g/mol. The molecule has 0 aliphatic carbocycles. The van der Waals surface area contributed by atoms with Gasteiger partial charge in [-0.3, -0.25) is 4.90 Å². The van der Waals surface area contributed by atoms with E-state index < -0.39 is 0 Å². The highest BCUT2D eigenvalue weighted by Gasteiger charge is 2.29. The van der Waals surface area contributed by atoms with Crippen LogP contribution in [0.4, 0.5) is 0 Å². The summed E-state index contributed by atoms with van der Waals surface area (Å²) in [5.74, 6) is 1.66. The molecule has 7 nitrogen and oxygen atoms in total. The Balaban J connectivity index is 0.00000289. The molecule has 0 amide bonds. The number of aromatic nitrogens is 3. The third-order valence-electron chi connectivity index (χ3n) is 5.59. The Labute approximate surface area is 207 Å². The molecule has 1 fully saturated rings. The number of likely N-dealkylation sites (tertiary alicyclic amines) is 1. The van der Waals surface area contributed by atoms with Crippen LogP contribution in [0.1, 0.15) is 31.4 Å². The van der Waals surface area contributed by atoms with Crippen LogP contribution in [-0.2, 0) is 13.1 Å². The first kappa shape index (κ1) is 24.2. The summed E-state index contributed by atoms with van der Waals surface area (Å²) in [6.07, 6.45) is 6.56. The molecule has 2 atom stereocenters. The smallest absolute Gasteiger partial charge is 0.191 e. The van der Waals surface area contributed by atoms with Crippen molar-refractivity contribution in [2.45, 2.75) is 45.4 Å². The average molecular weight is 545 g/mol. The molecule has 0 radical (unpaired) electrons. The maximum atomic E-state index is 4.82. The van der Waals surface area contributed by atoms with Gasteiger partial charge in [0.15, 0.2) is 11.8 Å². The van der Waals surface area contributed by atoms with Crippen molar-refractivity contribution in [3.8, 4) is 5.82 Å². The largest absolute Gasteiger partial charge is 0.357 e. The maximum Gasteiger partial charge on any atom is 0.191 e. The molecule has 1 aromatic carbocycles. The van der Waals surface area contributed by atoms with E-state index in [2.05, 4.69) is 69.8 Å². The molecule has 0 saturated carbocycles. The topological polar surface area (TPSA) is 70.4 Å². The average Bonchev–Trinajstić information content (AvgIpc) is 3.44. The van der Waals surface area contributed by atoms with Crippen molar-refractivity contribution in [1.29, 1.82) is 0 Å². The highest BCUT2D eigenvalue weighted by Crippen LogP contribution is 2.20. The molecule has 2 aromatic heterocycles. The van der Waals surface area contributed by atoms with Gasteiger partial charge in [0.2, 0.25) is 0 Å². The van der Waals surface area contributed by atoms with Crippen LogP contribution >= 0.6 is 24.0 Å². The third kappa shape index (κ3) is 6.52. The number of benzene rings is 1. The van der Waals surface area contributed by atoms with Gasteiger partial charge in [0.1, 0.15) is 0 Å². The summed E-state index contributed by atoms with van der Waals surface area (Å²) in [7, 11) is 0. The van der Waals surface area contributed by atoms with Gasteiger partial charge in [0.25, 0.3) is 0 Å². The van der Waals surface area contributed by atoms with Crippen LogP contribution in [0.15, 0.2) is 72.1 Å². The molecule has 170 valence electrons. The van der Waals surface area contributed by atoms with E-state index in [-0.39, 0.29) is 24.0 Å². The highest BCUT2D eigenvalue weighted by atomic mass is 127. The van der Waals surface area contributed by atoms with Crippen molar-refractivity contribution in [2.75, 3.05) is 13.1 Å². The molecule has 1 aliphatic heterocycles. The second kappa shape index (κ2) is 12.0. The van der Waals surface area contributed by atoms with Crippen molar-refractivity contribution >= 4 is 29.9 Å². The zero-order valence-electron chi connectivity index (χ0n) is 18.7. The van der Waals surface area contributed by atoms with Crippen molar-refractivity contribution < 1.29 is 0 Å². The molecule has 1 aliphatic rings. The van der Waals surface area contributed by atoms with Crippen molar-refractivity contribution in [2.24, 2.45) is 4.99 Å². The Hall–Kier alpha value is -2.46. The first-order chi connectivity index (χ1) is 15.2. The van der Waals surface area contributed by atoms with Crippen LogP contribution in [0.3, 0.4) is 0 Å². The molecule has 2 unspecified atom stereocenters. The summed E-state index contributed by atoms with van der Waals surface area (Å²) in [5.41, 5.74) is 2.46. The molecule has 3 aromatic rings. The molecule has 32 heavy (non-hydrogen) atoms. The first-order valence-electron chi connectivity index (χ1n) is 11.0. The zero-order chi connectivity index (χ0) is 21.5. The van der Waals surface area contributed by atoms with Gasteiger partial charge in [-0.15, -0.1) is 24.0 Å². The predicted molar refractivity (Wildman–Crippen MR) is 139 cm³/mol. The van der Waals surface area contributed by atoms with Crippen LogP contribution in [0, 0.1) is 0 Å². The molecule has 1 saturated heterocycles. The van der Waals surface area contributed by atoms with Crippen LogP contribution in [0.25, 0.3) is 5.82 Å². The van der Waals surface area contributed by atoms with Crippen molar-refractivity contribution in [3.63, 3.8) is 0 Å². The summed E-state index contributed by atoms with van der Waals surface area (Å²) >= 11 is 0. The summed E-state index contributed by atoms with van der Waals surface area (Å²) in [4.78, 5) is 11.8. The monoisotopic (exact) mass is 545 g/mol. The molecular formula is C24H32IN7. The summed E-state index contributed by atoms with van der Waals surface area (Å²) in [6, 6.07) is 17.5. The van der Waals surface area contributed by atoms with Crippen LogP contribution < -0.4 is 10.6 Å². The predicted octanol–water partition coefficient (Wildman–Crippen LogP) is 3.60. The van der Waals surface area contributed by atoms with E-state index in [4.69, 9.17) is 4.99 Å². The van der Waals surface area contributed by atoms with Gasteiger partial charge in [-0.2, -0.15) is 5.10 Å². The van der Waals surface area contributed by atoms with Crippen LogP contribution in [-0.4, -0.2) is 50.8 Å². The fourth-order valence-corrected chi connectivity index (χ4v) is 4.01. The van der Waals surface area contributed by atoms with Gasteiger partial charge in [-0.1, -0.05) is 30.3 Å². The molecule has 3 heterocycles. The Morgan fingerprint density at radius 3 is 2.72 bits per heavy atom. The minimum atomic E-state index is 0. The fourth-order valence-electron chi connectivity index (χ4n) is 4.01. The lowest BCUT2D eigenvalue weighted by molar-refractivity contribution is 0.258. The van der Waals surface area contributed by atoms with Crippen LogP contribution in [0.5, 0.6) is 0 Å². The van der Waals surface area contributed by atoms with E-state index >= 15 is 0 Å². The SMILES string of the molecule is CCNC(=NCc1ccnc(-n2cccn2)c1)NC1CC(C)N(Cc2ccccc2)C1.I. The summed E-state index contributed by atoms with van der Waals surface area (Å²) in [6.45, 7) is 7.82. The van der Waals surface area contributed by atoms with Gasteiger partial charge < -0.3 is 10.6 Å². The second-order valence-corrected chi connectivity index (χ2v) is 8.01. The van der Waals surface area contributed by atoms with Gasteiger partial charge >= 0.3 is 0 Å². The summed E-state index contributed by atoms with van der Waals surface area (Å²) in [5, 5.41) is 11.3. The lowest BCUT2D eigenvalue weighted by Gasteiger charge is -2.21. The normalized spacial score (nSPS) is 18.9. The number of guanidine groups is 1. The second-order valence-electron chi connectivity index (χ2n) is 8.01. The van der Waals surface area contributed by atoms with Gasteiger partial charge in [0, 0.05) is 50.3 Å². The third-order valence-corrected chi connectivity index (χ3v) is 5.59. The molecule has 0 bridgehead atoms. The van der Waals surface area contributed by atoms with Gasteiger partial charge in [0.05, 0.1) is 6.54 Å². The number of hydrogen-bond donors (Lipinski definition) is 2. The van der Waals surface area contributed by atoms with Crippen LogP contribution in [0.2, 0.25) is 0 Å². The zero-order valence-corrected chi connectivity index (χ0v) is 21.0. The number of halogens is 1. The number of nitrogens with zero attached hydrogens (tertiary/aromatic N) is 5. The van der Waals surface area contributed by atoms with E-state index in [1.165, 1.54) is 5.56 Å². The maximum absolute atomic E-state index is 4.82. The molecule has 0 spiro atoms. The summed E-state index contributed by atoms with van der Waals surface area (Å²) < 4.78 is 1.76. The lowest BCUT2D eigenvalue weighted by atomic mass is 10.2. The Morgan fingerprint density at radius 2 is 1.97 bits per heavy atom. The van der Waals surface area contributed by atoms with E-state index in [1.807, 2.05) is 30.6 Å². The highest BCUT2D eigenvalue weighted by molar-refractivity contribution is 14.0. The van der Waals surface area contributed by atoms with E-state index in [9.17, 15) is 0 Å². The van der Waals surface area contributed by atoms with Gasteiger partial charge in [-0.05, 0) is 49.6 Å². The minimum absolute atomic E-state index is 0. The number of hydrogen-bond acceptors (Lipinski definition) is 4. The Bertz CT molecular complexity index is 975. The molecule has 2 N–H and O–H groups in total. The minimum Gasteiger partial charge on any atom is -0.357 e. The first-order valence-corrected chi connectivity index (χ1v) is 11.0. The van der Waals surface area contributed by atoms with Crippen molar-refractivity contribution in [3.05, 3.63) is 78.2 Å². The Kier molecular flexibility index (Phi) is 9.04. The van der Waals surface area contributed by atoms with E-state index in [0.717, 1.165) is 43.4 Å². The van der Waals surface area contributed by atoms with Crippen molar-refractivity contribution in [1.82, 2.24) is 30.3 Å². The number of pyridine rings is 1. The van der Waals surface area contributed by atoms with E-state index in [0.29, 0.717) is 18.6 Å². The number of aliphatic imine (C=N–C) groups is 1. The number of rotatable bonds is 7. The quantitative estimate of drug-likeness (QED) is 0.270. The van der Waals surface area contributed by atoms with E-state index in [1.54, 1.807) is 10.9 Å².